The van der Waals surface area contributed by atoms with E-state index < -0.39 is 0 Å². The Morgan fingerprint density at radius 2 is 1.94 bits per heavy atom. The van der Waals surface area contributed by atoms with Crippen LogP contribution < -0.4 is 5.73 Å². The van der Waals surface area contributed by atoms with E-state index in [0.717, 1.165) is 18.4 Å². The Bertz CT molecular complexity index is 273. The van der Waals surface area contributed by atoms with Crippen LogP contribution in [-0.4, -0.2) is 54.6 Å². The molecule has 3 fully saturated rings. The molecule has 1 heterocycles. The highest BCUT2D eigenvalue weighted by Crippen LogP contribution is 2.53. The summed E-state index contributed by atoms with van der Waals surface area (Å²) in [6.45, 7) is 9.34. The van der Waals surface area contributed by atoms with E-state index >= 15 is 0 Å². The molecule has 3 rings (SSSR count). The number of likely N-dealkylation sites (N-methyl/N-ethyl adjacent to an activating group) is 1. The third-order valence-electron chi connectivity index (χ3n) is 5.75. The van der Waals surface area contributed by atoms with Gasteiger partial charge in [-0.3, -0.25) is 4.90 Å². The fourth-order valence-electron chi connectivity index (χ4n) is 4.69. The lowest BCUT2D eigenvalue weighted by atomic mass is 9.79. The molecule has 3 heteroatoms. The SMILES string of the molecule is CCN1CCN(C2(CN)CC3CCC2C3)CC1. The Kier molecular flexibility index (Phi) is 3.18. The summed E-state index contributed by atoms with van der Waals surface area (Å²) in [6, 6.07) is 0. The Labute approximate surface area is 105 Å². The first-order chi connectivity index (χ1) is 8.28. The van der Waals surface area contributed by atoms with Gasteiger partial charge >= 0.3 is 0 Å². The number of hydrogen-bond acceptors (Lipinski definition) is 3. The molecule has 0 radical (unpaired) electrons. The number of nitrogens with zero attached hydrogens (tertiary/aromatic N) is 2. The number of rotatable bonds is 3. The molecule has 2 N–H and O–H groups in total. The lowest BCUT2D eigenvalue weighted by molar-refractivity contribution is 0.00279. The van der Waals surface area contributed by atoms with Gasteiger partial charge in [0.15, 0.2) is 0 Å². The van der Waals surface area contributed by atoms with Crippen LogP contribution in [0.3, 0.4) is 0 Å². The Morgan fingerprint density at radius 3 is 2.41 bits per heavy atom. The molecular formula is C14H27N3. The molecule has 0 amide bonds. The summed E-state index contributed by atoms with van der Waals surface area (Å²) < 4.78 is 0. The van der Waals surface area contributed by atoms with Crippen LogP contribution in [-0.2, 0) is 0 Å². The van der Waals surface area contributed by atoms with Crippen LogP contribution in [0.25, 0.3) is 0 Å². The Balaban J connectivity index is 1.70. The fourth-order valence-corrected chi connectivity index (χ4v) is 4.69. The summed E-state index contributed by atoms with van der Waals surface area (Å²) in [5.41, 5.74) is 6.59. The normalized spacial score (nSPS) is 43.4. The second-order valence-corrected chi connectivity index (χ2v) is 6.31. The molecule has 0 aromatic heterocycles. The van der Waals surface area contributed by atoms with Gasteiger partial charge in [-0.15, -0.1) is 0 Å². The lowest BCUT2D eigenvalue weighted by Crippen LogP contribution is -2.62. The molecule has 3 unspecified atom stereocenters. The van der Waals surface area contributed by atoms with Crippen molar-refractivity contribution in [3.05, 3.63) is 0 Å². The molecular weight excluding hydrogens is 210 g/mol. The molecule has 98 valence electrons. The van der Waals surface area contributed by atoms with Gasteiger partial charge < -0.3 is 10.6 Å². The van der Waals surface area contributed by atoms with Crippen molar-refractivity contribution in [1.82, 2.24) is 9.80 Å². The molecule has 17 heavy (non-hydrogen) atoms. The summed E-state index contributed by atoms with van der Waals surface area (Å²) >= 11 is 0. The molecule has 0 spiro atoms. The fraction of sp³-hybridized carbons (Fsp3) is 1.00. The highest BCUT2D eigenvalue weighted by molar-refractivity contribution is 5.08. The van der Waals surface area contributed by atoms with Gasteiger partial charge in [0.05, 0.1) is 0 Å². The summed E-state index contributed by atoms with van der Waals surface area (Å²) in [4.78, 5) is 5.32. The first-order valence-electron chi connectivity index (χ1n) is 7.46. The van der Waals surface area contributed by atoms with Crippen molar-refractivity contribution in [2.75, 3.05) is 39.3 Å². The van der Waals surface area contributed by atoms with Crippen molar-refractivity contribution in [3.63, 3.8) is 0 Å². The second-order valence-electron chi connectivity index (χ2n) is 6.31. The Hall–Kier alpha value is -0.120. The maximum absolute atomic E-state index is 6.20. The van der Waals surface area contributed by atoms with Crippen molar-refractivity contribution in [1.29, 1.82) is 0 Å². The van der Waals surface area contributed by atoms with Gasteiger partial charge in [0.2, 0.25) is 0 Å². The average molecular weight is 237 g/mol. The zero-order valence-corrected chi connectivity index (χ0v) is 11.2. The van der Waals surface area contributed by atoms with E-state index in [4.69, 9.17) is 5.73 Å². The van der Waals surface area contributed by atoms with E-state index in [0.29, 0.717) is 5.54 Å². The first kappa shape index (κ1) is 11.9. The maximum Gasteiger partial charge on any atom is 0.0363 e. The summed E-state index contributed by atoms with van der Waals surface area (Å²) in [6.07, 6.45) is 5.77. The largest absolute Gasteiger partial charge is 0.329 e. The molecule has 2 bridgehead atoms. The van der Waals surface area contributed by atoms with E-state index in [1.807, 2.05) is 0 Å². The highest BCUT2D eigenvalue weighted by atomic mass is 15.3. The standard InChI is InChI=1S/C14H27N3/c1-2-16-5-7-17(8-6-16)14(11-15)10-12-3-4-13(14)9-12/h12-13H,2-11,15H2,1H3. The van der Waals surface area contributed by atoms with E-state index in [9.17, 15) is 0 Å². The minimum atomic E-state index is 0.392. The van der Waals surface area contributed by atoms with Gasteiger partial charge in [0, 0.05) is 38.3 Å². The van der Waals surface area contributed by atoms with Gasteiger partial charge in [-0.05, 0) is 37.6 Å². The molecule has 1 aliphatic heterocycles. The van der Waals surface area contributed by atoms with Gasteiger partial charge in [0.1, 0.15) is 0 Å². The van der Waals surface area contributed by atoms with Crippen molar-refractivity contribution in [2.45, 2.75) is 38.1 Å². The average Bonchev–Trinajstić information content (AvgIpc) is 2.99. The number of piperazine rings is 1. The minimum absolute atomic E-state index is 0.392. The predicted octanol–water partition coefficient (Wildman–Crippen LogP) is 1.14. The molecule has 3 nitrogen and oxygen atoms in total. The third-order valence-corrected chi connectivity index (χ3v) is 5.75. The smallest absolute Gasteiger partial charge is 0.0363 e. The predicted molar refractivity (Wildman–Crippen MR) is 70.9 cm³/mol. The molecule has 2 aliphatic carbocycles. The van der Waals surface area contributed by atoms with E-state index in [2.05, 4.69) is 16.7 Å². The number of nitrogens with two attached hydrogens (primary N) is 1. The van der Waals surface area contributed by atoms with Gasteiger partial charge in [0.25, 0.3) is 0 Å². The minimum Gasteiger partial charge on any atom is -0.329 e. The van der Waals surface area contributed by atoms with Crippen LogP contribution in [0, 0.1) is 11.8 Å². The summed E-state index contributed by atoms with van der Waals surface area (Å²) in [7, 11) is 0. The first-order valence-corrected chi connectivity index (χ1v) is 7.46. The van der Waals surface area contributed by atoms with Gasteiger partial charge in [-0.1, -0.05) is 13.3 Å². The van der Waals surface area contributed by atoms with Crippen molar-refractivity contribution in [2.24, 2.45) is 17.6 Å². The topological polar surface area (TPSA) is 32.5 Å². The van der Waals surface area contributed by atoms with Crippen molar-refractivity contribution >= 4 is 0 Å². The van der Waals surface area contributed by atoms with Crippen LogP contribution in [0.2, 0.25) is 0 Å². The maximum atomic E-state index is 6.20. The molecule has 2 saturated carbocycles. The van der Waals surface area contributed by atoms with E-state index in [-0.39, 0.29) is 0 Å². The quantitative estimate of drug-likeness (QED) is 0.799. The van der Waals surface area contributed by atoms with Crippen molar-refractivity contribution < 1.29 is 0 Å². The molecule has 0 aromatic carbocycles. The van der Waals surface area contributed by atoms with Crippen LogP contribution in [0.5, 0.6) is 0 Å². The van der Waals surface area contributed by atoms with Crippen molar-refractivity contribution in [3.8, 4) is 0 Å². The zero-order valence-electron chi connectivity index (χ0n) is 11.2. The van der Waals surface area contributed by atoms with Gasteiger partial charge in [-0.25, -0.2) is 0 Å². The van der Waals surface area contributed by atoms with E-state index in [1.165, 1.54) is 58.4 Å². The Morgan fingerprint density at radius 1 is 1.18 bits per heavy atom. The van der Waals surface area contributed by atoms with Crippen LogP contribution in [0.15, 0.2) is 0 Å². The number of hydrogen-bond donors (Lipinski definition) is 1. The van der Waals surface area contributed by atoms with E-state index in [1.54, 1.807) is 0 Å². The molecule has 3 atom stereocenters. The van der Waals surface area contributed by atoms with Gasteiger partial charge in [-0.2, -0.15) is 0 Å². The lowest BCUT2D eigenvalue weighted by Gasteiger charge is -2.49. The highest BCUT2D eigenvalue weighted by Gasteiger charge is 2.53. The third kappa shape index (κ3) is 1.83. The van der Waals surface area contributed by atoms with Crippen LogP contribution >= 0.6 is 0 Å². The summed E-state index contributed by atoms with van der Waals surface area (Å²) in [5, 5.41) is 0. The zero-order chi connectivity index (χ0) is 11.9. The van der Waals surface area contributed by atoms with Crippen LogP contribution in [0.1, 0.15) is 32.6 Å². The van der Waals surface area contributed by atoms with Crippen LogP contribution in [0.4, 0.5) is 0 Å². The monoisotopic (exact) mass is 237 g/mol. The number of fused-ring (bicyclic) bond motifs is 2. The molecule has 3 aliphatic rings. The molecule has 0 aromatic rings. The second kappa shape index (κ2) is 4.52. The molecule has 1 saturated heterocycles. The summed E-state index contributed by atoms with van der Waals surface area (Å²) in [5.74, 6) is 1.90.